The number of hydrogen-bond acceptors (Lipinski definition) is 4. The van der Waals surface area contributed by atoms with E-state index in [9.17, 15) is 19.5 Å². The number of hydrogen-bond donors (Lipinski definition) is 2. The number of anilines is 1. The van der Waals surface area contributed by atoms with Crippen LogP contribution in [0.1, 0.15) is 36.2 Å². The van der Waals surface area contributed by atoms with Crippen molar-refractivity contribution in [1.29, 1.82) is 0 Å². The van der Waals surface area contributed by atoms with Crippen molar-refractivity contribution in [1.82, 2.24) is 4.98 Å². The van der Waals surface area contributed by atoms with Crippen LogP contribution in [0.25, 0.3) is 11.1 Å². The molecule has 1 aromatic heterocycles. The zero-order valence-electron chi connectivity index (χ0n) is 17.5. The topological polar surface area (TPSA) is 96.4 Å². The number of nitrogens with one attached hydrogen (secondary N) is 1. The summed E-state index contributed by atoms with van der Waals surface area (Å²) < 4.78 is 0. The van der Waals surface area contributed by atoms with Gasteiger partial charge >= 0.3 is 5.97 Å². The van der Waals surface area contributed by atoms with E-state index in [1.54, 1.807) is 50.5 Å². The Hall–Kier alpha value is -3.80. The maximum absolute atomic E-state index is 12.4. The lowest BCUT2D eigenvalue weighted by Gasteiger charge is -2.17. The Morgan fingerprint density at radius 2 is 1.42 bits per heavy atom. The summed E-state index contributed by atoms with van der Waals surface area (Å²) >= 11 is 0. The molecule has 0 aliphatic heterocycles. The lowest BCUT2D eigenvalue weighted by molar-refractivity contribution is -0.146. The monoisotopic (exact) mass is 416 g/mol. The lowest BCUT2D eigenvalue weighted by atomic mass is 9.85. The fraction of sp³-hybridized carbons (Fsp3) is 0.200. The molecule has 6 heteroatoms. The van der Waals surface area contributed by atoms with Gasteiger partial charge in [0.2, 0.25) is 5.91 Å². The third-order valence-corrected chi connectivity index (χ3v) is 5.00. The van der Waals surface area contributed by atoms with Gasteiger partial charge in [0, 0.05) is 30.1 Å². The maximum Gasteiger partial charge on any atom is 0.309 e. The van der Waals surface area contributed by atoms with Crippen LogP contribution in [0.5, 0.6) is 0 Å². The second-order valence-corrected chi connectivity index (χ2v) is 8.02. The Balaban J connectivity index is 1.62. The van der Waals surface area contributed by atoms with Crippen molar-refractivity contribution in [3.8, 4) is 11.1 Å². The summed E-state index contributed by atoms with van der Waals surface area (Å²) in [5.41, 5.74) is 2.84. The highest BCUT2D eigenvalue weighted by molar-refractivity contribution is 5.99. The number of aromatic nitrogens is 1. The minimum Gasteiger partial charge on any atom is -0.481 e. The molecule has 3 aromatic rings. The Morgan fingerprint density at radius 1 is 0.871 bits per heavy atom. The largest absolute Gasteiger partial charge is 0.481 e. The van der Waals surface area contributed by atoms with Crippen molar-refractivity contribution in [3.05, 3.63) is 84.2 Å². The zero-order valence-corrected chi connectivity index (χ0v) is 17.5. The van der Waals surface area contributed by atoms with E-state index in [2.05, 4.69) is 10.3 Å². The van der Waals surface area contributed by atoms with Crippen molar-refractivity contribution in [3.63, 3.8) is 0 Å². The van der Waals surface area contributed by atoms with Gasteiger partial charge in [0.15, 0.2) is 5.78 Å². The highest BCUT2D eigenvalue weighted by Gasteiger charge is 2.30. The highest BCUT2D eigenvalue weighted by Crippen LogP contribution is 2.26. The molecular formula is C25H24N2O4. The van der Waals surface area contributed by atoms with E-state index >= 15 is 0 Å². The van der Waals surface area contributed by atoms with E-state index in [1.165, 1.54) is 0 Å². The minimum atomic E-state index is -1.10. The zero-order chi connectivity index (χ0) is 22.4. The van der Waals surface area contributed by atoms with Crippen molar-refractivity contribution >= 4 is 23.3 Å². The first-order chi connectivity index (χ1) is 14.7. The number of carbonyl (C=O) groups is 3. The number of benzene rings is 2. The summed E-state index contributed by atoms with van der Waals surface area (Å²) in [5, 5.41) is 12.1. The molecule has 0 atom stereocenters. The molecule has 2 N–H and O–H groups in total. The van der Waals surface area contributed by atoms with Crippen molar-refractivity contribution in [2.24, 2.45) is 5.41 Å². The van der Waals surface area contributed by atoms with Gasteiger partial charge in [-0.1, -0.05) is 36.4 Å². The number of ketones is 1. The molecule has 3 rings (SSSR count). The number of carboxylic acid groups (broad SMARTS) is 1. The molecule has 0 radical (unpaired) electrons. The Morgan fingerprint density at radius 3 is 1.97 bits per heavy atom. The Bertz CT molecular complexity index is 1070. The summed E-state index contributed by atoms with van der Waals surface area (Å²) in [6.45, 7) is 3.08. The molecule has 6 nitrogen and oxygen atoms in total. The molecule has 0 unspecified atom stereocenters. The van der Waals surface area contributed by atoms with Gasteiger partial charge in [-0.25, -0.2) is 0 Å². The van der Waals surface area contributed by atoms with Gasteiger partial charge in [-0.3, -0.25) is 19.4 Å². The minimum absolute atomic E-state index is 0.0600. The van der Waals surface area contributed by atoms with Crippen LogP contribution in [0.15, 0.2) is 73.1 Å². The van der Waals surface area contributed by atoms with E-state index in [-0.39, 0.29) is 24.5 Å². The van der Waals surface area contributed by atoms with E-state index in [0.717, 1.165) is 16.7 Å². The average Bonchev–Trinajstić information content (AvgIpc) is 2.74. The lowest BCUT2D eigenvalue weighted by Crippen LogP contribution is -2.26. The van der Waals surface area contributed by atoms with Crippen molar-refractivity contribution in [2.45, 2.75) is 26.7 Å². The number of Topliss-reactive ketones (excluding diaryl/α,β-unsaturated/α-hetero) is 1. The Labute approximate surface area is 181 Å². The maximum atomic E-state index is 12.4. The van der Waals surface area contributed by atoms with Gasteiger partial charge in [-0.15, -0.1) is 0 Å². The van der Waals surface area contributed by atoms with Crippen LogP contribution in [0.3, 0.4) is 0 Å². The van der Waals surface area contributed by atoms with E-state index in [0.29, 0.717) is 11.3 Å². The van der Waals surface area contributed by atoms with Crippen LogP contribution in [0.4, 0.5) is 5.69 Å². The molecule has 0 aliphatic carbocycles. The highest BCUT2D eigenvalue weighted by atomic mass is 16.4. The molecule has 0 fully saturated rings. The summed E-state index contributed by atoms with van der Waals surface area (Å²) in [6, 6.07) is 18.1. The standard InChI is InChI=1S/C25H24N2O4/c1-25(2,24(30)31)16-22(28)20-5-3-18(4-6-20)19-7-9-21(10-8-19)27-23(29)15-17-11-13-26-14-12-17/h3-14H,15-16H2,1-2H3,(H,27,29)(H,30,31). The Kier molecular flexibility index (Phi) is 6.60. The molecule has 0 bridgehead atoms. The van der Waals surface area contributed by atoms with Crippen LogP contribution in [-0.4, -0.2) is 27.8 Å². The number of rotatable bonds is 8. The molecule has 0 saturated heterocycles. The predicted octanol–water partition coefficient (Wildman–Crippen LogP) is 4.61. The molecule has 1 amide bonds. The molecule has 1 heterocycles. The van der Waals surface area contributed by atoms with Gasteiger partial charge in [0.25, 0.3) is 0 Å². The quantitative estimate of drug-likeness (QED) is 0.523. The van der Waals surface area contributed by atoms with Gasteiger partial charge in [0.1, 0.15) is 0 Å². The second-order valence-electron chi connectivity index (χ2n) is 8.02. The number of pyridine rings is 1. The molecule has 2 aromatic carbocycles. The van der Waals surface area contributed by atoms with E-state index in [1.807, 2.05) is 36.4 Å². The van der Waals surface area contributed by atoms with E-state index in [4.69, 9.17) is 0 Å². The number of amides is 1. The van der Waals surface area contributed by atoms with Crippen LogP contribution >= 0.6 is 0 Å². The number of carbonyl (C=O) groups excluding carboxylic acids is 2. The molecule has 0 saturated carbocycles. The summed E-state index contributed by atoms with van der Waals surface area (Å²) in [7, 11) is 0. The third kappa shape index (κ3) is 5.85. The normalized spacial score (nSPS) is 11.0. The third-order valence-electron chi connectivity index (χ3n) is 5.00. The van der Waals surface area contributed by atoms with E-state index < -0.39 is 11.4 Å². The first-order valence-electron chi connectivity index (χ1n) is 9.90. The fourth-order valence-corrected chi connectivity index (χ4v) is 3.06. The molecule has 0 spiro atoms. The molecule has 158 valence electrons. The van der Waals surface area contributed by atoms with Crippen molar-refractivity contribution in [2.75, 3.05) is 5.32 Å². The van der Waals surface area contributed by atoms with Gasteiger partial charge in [-0.05, 0) is 54.8 Å². The molecular weight excluding hydrogens is 392 g/mol. The first-order valence-corrected chi connectivity index (χ1v) is 9.90. The SMILES string of the molecule is CC(C)(CC(=O)c1ccc(-c2ccc(NC(=O)Cc3ccncc3)cc2)cc1)C(=O)O. The average molecular weight is 416 g/mol. The summed E-state index contributed by atoms with van der Waals surface area (Å²) in [5.74, 6) is -1.30. The fourth-order valence-electron chi connectivity index (χ4n) is 3.06. The van der Waals surface area contributed by atoms with Gasteiger partial charge in [-0.2, -0.15) is 0 Å². The van der Waals surface area contributed by atoms with Crippen LogP contribution in [-0.2, 0) is 16.0 Å². The molecule has 0 aliphatic rings. The number of aliphatic carboxylic acids is 1. The predicted molar refractivity (Wildman–Crippen MR) is 119 cm³/mol. The van der Waals surface area contributed by atoms with Crippen LogP contribution in [0, 0.1) is 5.41 Å². The number of carboxylic acids is 1. The summed E-state index contributed by atoms with van der Waals surface area (Å²) in [4.78, 5) is 39.7. The molecule has 31 heavy (non-hydrogen) atoms. The van der Waals surface area contributed by atoms with Gasteiger partial charge < -0.3 is 10.4 Å². The first kappa shape index (κ1) is 21.9. The number of nitrogens with zero attached hydrogens (tertiary/aromatic N) is 1. The van der Waals surface area contributed by atoms with Crippen LogP contribution < -0.4 is 5.32 Å². The van der Waals surface area contributed by atoms with Crippen LogP contribution in [0.2, 0.25) is 0 Å². The second kappa shape index (κ2) is 9.34. The van der Waals surface area contributed by atoms with Gasteiger partial charge in [0.05, 0.1) is 11.8 Å². The van der Waals surface area contributed by atoms with Crippen molar-refractivity contribution < 1.29 is 19.5 Å². The summed E-state index contributed by atoms with van der Waals surface area (Å²) in [6.07, 6.45) is 3.53. The smallest absolute Gasteiger partial charge is 0.309 e.